The summed E-state index contributed by atoms with van der Waals surface area (Å²) in [6.07, 6.45) is 1.76. The fourth-order valence-corrected chi connectivity index (χ4v) is 1.81. The summed E-state index contributed by atoms with van der Waals surface area (Å²) < 4.78 is 0. The van der Waals surface area contributed by atoms with Crippen LogP contribution in [-0.4, -0.2) is 15.0 Å². The van der Waals surface area contributed by atoms with Gasteiger partial charge < -0.3 is 0 Å². The molecule has 3 rings (SSSR count). The lowest BCUT2D eigenvalue weighted by molar-refractivity contribution is 0.796. The first kappa shape index (κ1) is 11.2. The quantitative estimate of drug-likeness (QED) is 0.653. The van der Waals surface area contributed by atoms with E-state index in [0.29, 0.717) is 5.70 Å². The van der Waals surface area contributed by atoms with E-state index < -0.39 is 0 Å². The zero-order chi connectivity index (χ0) is 13.1. The minimum Gasteiger partial charge on any atom is -0.191 e. The molecule has 4 heteroatoms. The molecule has 0 radical (unpaired) electrons. The van der Waals surface area contributed by atoms with Gasteiger partial charge in [0, 0.05) is 0 Å². The first-order valence-electron chi connectivity index (χ1n) is 5.86. The Morgan fingerprint density at radius 2 is 1.53 bits per heavy atom. The highest BCUT2D eigenvalue weighted by molar-refractivity contribution is 5.80. The zero-order valence-corrected chi connectivity index (χ0v) is 10.1. The van der Waals surface area contributed by atoms with Crippen molar-refractivity contribution in [2.24, 2.45) is 0 Å². The molecule has 0 aliphatic heterocycles. The molecule has 4 nitrogen and oxygen atoms in total. The Bertz CT molecular complexity index is 746. The zero-order valence-electron chi connectivity index (χ0n) is 10.1. The third kappa shape index (κ3) is 2.22. The molecule has 0 N–H and O–H groups in total. The van der Waals surface area contributed by atoms with Crippen LogP contribution in [-0.2, 0) is 0 Å². The SMILES string of the molecule is N#C/C(=C\c1ccccc1)n1nc2ccccc2n1. The second-order valence-electron chi connectivity index (χ2n) is 4.03. The van der Waals surface area contributed by atoms with Crippen molar-refractivity contribution in [2.75, 3.05) is 0 Å². The van der Waals surface area contributed by atoms with Crippen molar-refractivity contribution in [3.63, 3.8) is 0 Å². The number of nitrogens with zero attached hydrogens (tertiary/aromatic N) is 4. The number of allylic oxidation sites excluding steroid dienone is 1. The molecule has 1 heterocycles. The monoisotopic (exact) mass is 246 g/mol. The number of hydrogen-bond donors (Lipinski definition) is 0. The van der Waals surface area contributed by atoms with Crippen molar-refractivity contribution < 1.29 is 0 Å². The largest absolute Gasteiger partial charge is 0.191 e. The molecule has 0 saturated carbocycles. The van der Waals surface area contributed by atoms with E-state index in [1.165, 1.54) is 4.80 Å². The van der Waals surface area contributed by atoms with Gasteiger partial charge >= 0.3 is 0 Å². The van der Waals surface area contributed by atoms with Crippen LogP contribution in [0.5, 0.6) is 0 Å². The molecule has 0 saturated heterocycles. The van der Waals surface area contributed by atoms with E-state index in [9.17, 15) is 5.26 Å². The number of hydrogen-bond acceptors (Lipinski definition) is 3. The number of benzene rings is 2. The van der Waals surface area contributed by atoms with Gasteiger partial charge in [-0.3, -0.25) is 0 Å². The summed E-state index contributed by atoms with van der Waals surface area (Å²) in [5.74, 6) is 0. The summed E-state index contributed by atoms with van der Waals surface area (Å²) in [4.78, 5) is 1.37. The Hall–Kier alpha value is -2.93. The van der Waals surface area contributed by atoms with Crippen LogP contribution in [0.4, 0.5) is 0 Å². The summed E-state index contributed by atoms with van der Waals surface area (Å²) in [5, 5.41) is 17.8. The minimum absolute atomic E-state index is 0.391. The van der Waals surface area contributed by atoms with E-state index in [1.54, 1.807) is 6.08 Å². The molecule has 19 heavy (non-hydrogen) atoms. The van der Waals surface area contributed by atoms with E-state index in [1.807, 2.05) is 54.6 Å². The predicted molar refractivity (Wildman–Crippen MR) is 73.8 cm³/mol. The summed E-state index contributed by atoms with van der Waals surface area (Å²) >= 11 is 0. The first-order valence-corrected chi connectivity index (χ1v) is 5.86. The molecule has 0 atom stereocenters. The molecule has 0 amide bonds. The summed E-state index contributed by atoms with van der Waals surface area (Å²) in [7, 11) is 0. The Labute approximate surface area is 110 Å². The van der Waals surface area contributed by atoms with E-state index in [2.05, 4.69) is 16.3 Å². The second kappa shape index (κ2) is 4.75. The predicted octanol–water partition coefficient (Wildman–Crippen LogP) is 2.95. The van der Waals surface area contributed by atoms with Gasteiger partial charge in [0.15, 0.2) is 5.70 Å². The van der Waals surface area contributed by atoms with Crippen LogP contribution in [0, 0.1) is 11.3 Å². The number of nitriles is 1. The van der Waals surface area contributed by atoms with E-state index in [-0.39, 0.29) is 0 Å². The Morgan fingerprint density at radius 3 is 2.11 bits per heavy atom. The molecule has 0 fully saturated rings. The highest BCUT2D eigenvalue weighted by Gasteiger charge is 2.05. The van der Waals surface area contributed by atoms with E-state index in [4.69, 9.17) is 0 Å². The van der Waals surface area contributed by atoms with Gasteiger partial charge in [0.1, 0.15) is 17.1 Å². The smallest absolute Gasteiger partial charge is 0.163 e. The highest BCUT2D eigenvalue weighted by Crippen LogP contribution is 2.13. The fourth-order valence-electron chi connectivity index (χ4n) is 1.81. The molecule has 0 aliphatic rings. The van der Waals surface area contributed by atoms with Crippen molar-refractivity contribution in [1.29, 1.82) is 5.26 Å². The topological polar surface area (TPSA) is 54.5 Å². The Morgan fingerprint density at radius 1 is 0.947 bits per heavy atom. The maximum Gasteiger partial charge on any atom is 0.163 e. The lowest BCUT2D eigenvalue weighted by Gasteiger charge is -1.96. The second-order valence-corrected chi connectivity index (χ2v) is 4.03. The van der Waals surface area contributed by atoms with Gasteiger partial charge in [0.25, 0.3) is 0 Å². The number of fused-ring (bicyclic) bond motifs is 1. The molecule has 2 aromatic carbocycles. The van der Waals surface area contributed by atoms with Crippen LogP contribution in [0.3, 0.4) is 0 Å². The maximum absolute atomic E-state index is 9.25. The van der Waals surface area contributed by atoms with Gasteiger partial charge in [-0.05, 0) is 23.8 Å². The summed E-state index contributed by atoms with van der Waals surface area (Å²) in [5.41, 5.74) is 2.89. The highest BCUT2D eigenvalue weighted by atomic mass is 15.5. The number of rotatable bonds is 2. The molecule has 90 valence electrons. The molecule has 0 bridgehead atoms. The standard InChI is InChI=1S/C15H10N4/c16-11-13(10-12-6-2-1-3-7-12)19-17-14-8-4-5-9-15(14)18-19/h1-10H/b13-10+. The molecule has 1 aromatic heterocycles. The molecular formula is C15H10N4. The maximum atomic E-state index is 9.25. The fraction of sp³-hybridized carbons (Fsp3) is 0. The third-order valence-electron chi connectivity index (χ3n) is 2.72. The van der Waals surface area contributed by atoms with Crippen LogP contribution in [0.2, 0.25) is 0 Å². The lowest BCUT2D eigenvalue weighted by Crippen LogP contribution is -1.99. The van der Waals surface area contributed by atoms with Crippen LogP contribution < -0.4 is 0 Å². The average molecular weight is 246 g/mol. The molecule has 0 unspecified atom stereocenters. The van der Waals surface area contributed by atoms with Crippen LogP contribution in [0.15, 0.2) is 54.6 Å². The van der Waals surface area contributed by atoms with E-state index in [0.717, 1.165) is 16.6 Å². The first-order chi connectivity index (χ1) is 9.36. The van der Waals surface area contributed by atoms with Gasteiger partial charge in [0.2, 0.25) is 0 Å². The van der Waals surface area contributed by atoms with Crippen molar-refractivity contribution in [3.8, 4) is 6.07 Å². The van der Waals surface area contributed by atoms with Gasteiger partial charge in [0.05, 0.1) is 0 Å². The summed E-state index contributed by atoms with van der Waals surface area (Å²) in [6.45, 7) is 0. The Kier molecular flexibility index (Phi) is 2.79. The average Bonchev–Trinajstić information content (AvgIpc) is 2.89. The van der Waals surface area contributed by atoms with Crippen LogP contribution >= 0.6 is 0 Å². The van der Waals surface area contributed by atoms with E-state index >= 15 is 0 Å². The van der Waals surface area contributed by atoms with Crippen molar-refractivity contribution >= 4 is 22.8 Å². The van der Waals surface area contributed by atoms with Gasteiger partial charge in [-0.15, -0.1) is 15.0 Å². The van der Waals surface area contributed by atoms with Crippen molar-refractivity contribution in [3.05, 3.63) is 60.2 Å². The summed E-state index contributed by atoms with van der Waals surface area (Å²) in [6, 6.07) is 19.3. The van der Waals surface area contributed by atoms with Crippen LogP contribution in [0.25, 0.3) is 22.8 Å². The van der Waals surface area contributed by atoms with Crippen molar-refractivity contribution in [1.82, 2.24) is 15.0 Å². The molecule has 3 aromatic rings. The van der Waals surface area contributed by atoms with Crippen molar-refractivity contribution in [2.45, 2.75) is 0 Å². The lowest BCUT2D eigenvalue weighted by atomic mass is 10.2. The molecule has 0 spiro atoms. The number of aromatic nitrogens is 3. The van der Waals surface area contributed by atoms with Crippen LogP contribution in [0.1, 0.15) is 5.56 Å². The Balaban J connectivity index is 2.08. The normalized spacial score (nSPS) is 11.4. The minimum atomic E-state index is 0.391. The van der Waals surface area contributed by atoms with Gasteiger partial charge in [-0.25, -0.2) is 0 Å². The third-order valence-corrected chi connectivity index (χ3v) is 2.72. The van der Waals surface area contributed by atoms with Gasteiger partial charge in [-0.2, -0.15) is 5.26 Å². The molecule has 0 aliphatic carbocycles. The molecular weight excluding hydrogens is 236 g/mol. The van der Waals surface area contributed by atoms with Gasteiger partial charge in [-0.1, -0.05) is 42.5 Å².